The summed E-state index contributed by atoms with van der Waals surface area (Å²) < 4.78 is 32.4. The summed E-state index contributed by atoms with van der Waals surface area (Å²) in [6.07, 6.45) is 12.8. The van der Waals surface area contributed by atoms with Gasteiger partial charge in [0, 0.05) is 32.7 Å². The molecule has 4 aromatic rings. The first-order valence-corrected chi connectivity index (χ1v) is 18.4. The zero-order chi connectivity index (χ0) is 37.4. The van der Waals surface area contributed by atoms with Crippen LogP contribution >= 0.6 is 0 Å². The van der Waals surface area contributed by atoms with E-state index in [0.717, 1.165) is 35.3 Å². The maximum absolute atomic E-state index is 14.5. The van der Waals surface area contributed by atoms with Crippen molar-refractivity contribution >= 4 is 12.0 Å². The van der Waals surface area contributed by atoms with Gasteiger partial charge in [0.15, 0.2) is 11.5 Å². The van der Waals surface area contributed by atoms with E-state index >= 15 is 0 Å². The molecule has 1 atom stereocenters. The molecule has 2 fully saturated rings. The second-order valence-electron chi connectivity index (χ2n) is 14.2. The molecule has 0 radical (unpaired) electrons. The number of allylic oxidation sites excluding steroid dienone is 3. The van der Waals surface area contributed by atoms with Crippen LogP contribution in [0.1, 0.15) is 60.8 Å². The minimum Gasteiger partial charge on any atom is -0.493 e. The molecule has 53 heavy (non-hydrogen) atoms. The van der Waals surface area contributed by atoms with Crippen molar-refractivity contribution in [2.24, 2.45) is 5.41 Å². The Morgan fingerprint density at radius 2 is 1.55 bits per heavy atom. The van der Waals surface area contributed by atoms with Gasteiger partial charge in [0.1, 0.15) is 17.2 Å². The molecular weight excluding hydrogens is 671 g/mol. The second kappa shape index (κ2) is 16.8. The number of carbonyl (C=O) groups excluding carboxylic acids is 1. The number of benzene rings is 3. The van der Waals surface area contributed by atoms with Gasteiger partial charge in [-0.25, -0.2) is 9.37 Å². The van der Waals surface area contributed by atoms with Crippen LogP contribution in [-0.4, -0.2) is 77.9 Å². The number of rotatable bonds is 15. The van der Waals surface area contributed by atoms with Gasteiger partial charge in [-0.05, 0) is 92.6 Å². The normalized spacial score (nSPS) is 19.1. The van der Waals surface area contributed by atoms with Crippen molar-refractivity contribution in [2.75, 3.05) is 47.5 Å². The molecule has 3 aromatic carbocycles. The van der Waals surface area contributed by atoms with Gasteiger partial charge in [-0.15, -0.1) is 0 Å². The number of imidazole rings is 1. The summed E-state index contributed by atoms with van der Waals surface area (Å²) in [5.74, 6) is 2.15. The lowest BCUT2D eigenvalue weighted by Gasteiger charge is -2.39. The van der Waals surface area contributed by atoms with Crippen LogP contribution in [0.3, 0.4) is 0 Å². The average Bonchev–Trinajstić information content (AvgIpc) is 3.72. The van der Waals surface area contributed by atoms with Gasteiger partial charge in [0.25, 0.3) is 0 Å². The predicted molar refractivity (Wildman–Crippen MR) is 204 cm³/mol. The molecule has 9 nitrogen and oxygen atoms in total. The Kier molecular flexibility index (Phi) is 12.0. The molecule has 2 saturated heterocycles. The third-order valence-electron chi connectivity index (χ3n) is 10.8. The van der Waals surface area contributed by atoms with Crippen LogP contribution in [0, 0.1) is 11.2 Å². The lowest BCUT2D eigenvalue weighted by Crippen LogP contribution is -2.46. The SMILES string of the molecule is C/C=C/C=C/c1cnc(C2(O)CCN(CCC3(Cc4ccccc4)CCN(Cc4cc(OC)c(OC)c(OC)c4)C3=O)CC2)n1Cc1ccc(F)cc1. The fourth-order valence-electron chi connectivity index (χ4n) is 7.80. The van der Waals surface area contributed by atoms with Crippen molar-refractivity contribution in [1.82, 2.24) is 19.4 Å². The number of hydrogen-bond donors (Lipinski definition) is 1. The molecule has 0 bridgehead atoms. The highest BCUT2D eigenvalue weighted by Crippen LogP contribution is 2.43. The molecule has 2 aliphatic rings. The molecular formula is C43H51FN4O5. The Morgan fingerprint density at radius 3 is 2.19 bits per heavy atom. The molecule has 1 N–H and O–H groups in total. The van der Waals surface area contributed by atoms with E-state index in [0.29, 0.717) is 81.5 Å². The number of carbonyl (C=O) groups is 1. The molecule has 1 aromatic heterocycles. The monoisotopic (exact) mass is 722 g/mol. The molecule has 280 valence electrons. The first-order valence-electron chi connectivity index (χ1n) is 18.4. The highest BCUT2D eigenvalue weighted by Gasteiger charge is 2.47. The van der Waals surface area contributed by atoms with Gasteiger partial charge in [0.05, 0.1) is 38.6 Å². The third kappa shape index (κ3) is 8.50. The maximum atomic E-state index is 14.5. The van der Waals surface area contributed by atoms with Gasteiger partial charge in [0.2, 0.25) is 11.7 Å². The Bertz CT molecular complexity index is 1870. The second-order valence-corrected chi connectivity index (χ2v) is 14.2. The minimum atomic E-state index is -1.12. The zero-order valence-corrected chi connectivity index (χ0v) is 31.3. The van der Waals surface area contributed by atoms with Gasteiger partial charge in [-0.1, -0.05) is 60.7 Å². The molecule has 2 aliphatic heterocycles. The highest BCUT2D eigenvalue weighted by molar-refractivity contribution is 5.85. The fraction of sp³-hybridized carbons (Fsp3) is 0.395. The topological polar surface area (TPSA) is 89.3 Å². The predicted octanol–water partition coefficient (Wildman–Crippen LogP) is 7.02. The summed E-state index contributed by atoms with van der Waals surface area (Å²) in [6.45, 7) is 5.62. The van der Waals surface area contributed by atoms with E-state index in [9.17, 15) is 14.3 Å². The van der Waals surface area contributed by atoms with E-state index < -0.39 is 11.0 Å². The third-order valence-corrected chi connectivity index (χ3v) is 10.8. The Labute approximate surface area is 312 Å². The molecule has 6 rings (SSSR count). The summed E-state index contributed by atoms with van der Waals surface area (Å²) in [7, 11) is 4.77. The zero-order valence-electron chi connectivity index (χ0n) is 31.3. The number of aromatic nitrogens is 2. The van der Waals surface area contributed by atoms with Crippen LogP contribution in [0.5, 0.6) is 17.2 Å². The van der Waals surface area contributed by atoms with Crippen LogP contribution in [-0.2, 0) is 29.9 Å². The smallest absolute Gasteiger partial charge is 0.229 e. The van der Waals surface area contributed by atoms with Crippen molar-refractivity contribution < 1.29 is 28.5 Å². The van der Waals surface area contributed by atoms with Crippen LogP contribution in [0.2, 0.25) is 0 Å². The number of ether oxygens (including phenoxy) is 3. The van der Waals surface area contributed by atoms with E-state index in [1.54, 1.807) is 39.7 Å². The first kappa shape index (κ1) is 37.8. The first-order chi connectivity index (χ1) is 25.7. The lowest BCUT2D eigenvalue weighted by molar-refractivity contribution is -0.137. The fourth-order valence-corrected chi connectivity index (χ4v) is 7.80. The number of methoxy groups -OCH3 is 3. The average molecular weight is 723 g/mol. The molecule has 3 heterocycles. The number of hydrogen-bond acceptors (Lipinski definition) is 7. The summed E-state index contributed by atoms with van der Waals surface area (Å²) in [5.41, 5.74) is 2.20. The van der Waals surface area contributed by atoms with Gasteiger partial charge in [-0.2, -0.15) is 0 Å². The van der Waals surface area contributed by atoms with Crippen LogP contribution < -0.4 is 14.2 Å². The largest absolute Gasteiger partial charge is 0.493 e. The van der Waals surface area contributed by atoms with Crippen LogP contribution in [0.4, 0.5) is 4.39 Å². The maximum Gasteiger partial charge on any atom is 0.229 e. The van der Waals surface area contributed by atoms with E-state index in [4.69, 9.17) is 19.2 Å². The Balaban J connectivity index is 1.17. The van der Waals surface area contributed by atoms with E-state index in [1.807, 2.05) is 71.0 Å². The number of aliphatic hydroxyl groups is 1. The highest BCUT2D eigenvalue weighted by atomic mass is 19.1. The molecule has 1 unspecified atom stereocenters. The van der Waals surface area contributed by atoms with E-state index in [-0.39, 0.29) is 11.7 Å². The minimum absolute atomic E-state index is 0.157. The quantitative estimate of drug-likeness (QED) is 0.132. The summed E-state index contributed by atoms with van der Waals surface area (Å²) >= 11 is 0. The summed E-state index contributed by atoms with van der Waals surface area (Å²) in [6, 6.07) is 20.6. The van der Waals surface area contributed by atoms with Crippen LogP contribution in [0.15, 0.2) is 91.2 Å². The number of nitrogens with zero attached hydrogens (tertiary/aromatic N) is 4. The van der Waals surface area contributed by atoms with Crippen molar-refractivity contribution in [3.05, 3.63) is 125 Å². The van der Waals surface area contributed by atoms with Crippen molar-refractivity contribution in [1.29, 1.82) is 0 Å². The van der Waals surface area contributed by atoms with Crippen molar-refractivity contribution in [3.8, 4) is 17.2 Å². The van der Waals surface area contributed by atoms with E-state index in [1.165, 1.54) is 12.1 Å². The number of halogens is 1. The summed E-state index contributed by atoms with van der Waals surface area (Å²) in [4.78, 5) is 23.6. The van der Waals surface area contributed by atoms with Gasteiger partial charge >= 0.3 is 0 Å². The molecule has 0 spiro atoms. The van der Waals surface area contributed by atoms with Gasteiger partial charge in [-0.3, -0.25) is 4.79 Å². The Hall–Kier alpha value is -4.93. The lowest BCUT2D eigenvalue weighted by atomic mass is 9.77. The van der Waals surface area contributed by atoms with Crippen molar-refractivity contribution in [3.63, 3.8) is 0 Å². The van der Waals surface area contributed by atoms with Crippen molar-refractivity contribution in [2.45, 2.75) is 57.7 Å². The molecule has 10 heteroatoms. The summed E-state index contributed by atoms with van der Waals surface area (Å²) in [5, 5.41) is 12.1. The van der Waals surface area contributed by atoms with Gasteiger partial charge < -0.3 is 33.7 Å². The molecule has 0 saturated carbocycles. The Morgan fingerprint density at radius 1 is 0.849 bits per heavy atom. The number of piperidine rings is 1. The standard InChI is InChI=1S/C43H51FN4O5/c1-5-6-8-13-36-29-45-40(48(36)31-33-14-16-35(44)17-15-33)43(50)20-23-46(24-21-43)22-18-42(28-32-11-9-7-10-12-32)19-25-47(41(42)49)30-34-26-37(51-2)39(53-4)38(27-34)52-3/h5-17,26-27,29,50H,18-25,28,30-31H2,1-4H3/b6-5+,13-8+. The molecule has 0 aliphatic carbocycles. The van der Waals surface area contributed by atoms with Crippen LogP contribution in [0.25, 0.3) is 6.08 Å². The molecule has 1 amide bonds. The number of likely N-dealkylation sites (tertiary alicyclic amines) is 2. The van der Waals surface area contributed by atoms with E-state index in [2.05, 4.69) is 17.0 Å². The number of amides is 1.